The minimum absolute atomic E-state index is 0.0833. The van der Waals surface area contributed by atoms with Crippen molar-refractivity contribution in [2.45, 2.75) is 17.1 Å². The third-order valence-electron chi connectivity index (χ3n) is 2.85. The second kappa shape index (κ2) is 8.34. The number of halogens is 3. The van der Waals surface area contributed by atoms with Crippen molar-refractivity contribution in [3.63, 3.8) is 0 Å². The Labute approximate surface area is 145 Å². The normalized spacial score (nSPS) is 11.3. The molecule has 0 atom stereocenters. The Morgan fingerprint density at radius 3 is 2.67 bits per heavy atom. The molecule has 0 aliphatic carbocycles. The molecule has 24 heavy (non-hydrogen) atoms. The number of carbonyl (C=O) groups is 1. The second-order valence-corrected chi connectivity index (χ2v) is 7.07. The molecule has 1 aromatic heterocycles. The van der Waals surface area contributed by atoms with E-state index in [9.17, 15) is 18.0 Å². The van der Waals surface area contributed by atoms with E-state index in [1.54, 1.807) is 11.9 Å². The van der Waals surface area contributed by atoms with Gasteiger partial charge in [-0.15, -0.1) is 10.2 Å². The van der Waals surface area contributed by atoms with Crippen LogP contribution in [0.5, 0.6) is 0 Å². The first-order valence-corrected chi connectivity index (χ1v) is 8.68. The van der Waals surface area contributed by atoms with Gasteiger partial charge in [0.2, 0.25) is 11.0 Å². The lowest BCUT2D eigenvalue weighted by Gasteiger charge is -2.16. The molecule has 0 aliphatic rings. The topological polar surface area (TPSA) is 58.1 Å². The Hall–Kier alpha value is -1.81. The van der Waals surface area contributed by atoms with Crippen molar-refractivity contribution in [1.82, 2.24) is 15.1 Å². The zero-order chi connectivity index (χ0) is 17.6. The van der Waals surface area contributed by atoms with Gasteiger partial charge in [-0.3, -0.25) is 4.79 Å². The van der Waals surface area contributed by atoms with Crippen LogP contribution in [0, 0.1) is 0 Å². The summed E-state index contributed by atoms with van der Waals surface area (Å²) in [5.74, 6) is 0.0564. The molecule has 0 radical (unpaired) electrons. The minimum Gasteiger partial charge on any atom is -0.351 e. The number of amides is 1. The van der Waals surface area contributed by atoms with Gasteiger partial charge in [-0.2, -0.15) is 13.2 Å². The third-order valence-corrected chi connectivity index (χ3v) is 4.85. The molecule has 1 aromatic carbocycles. The molecule has 1 N–H and O–H groups in total. The van der Waals surface area contributed by atoms with Gasteiger partial charge in [-0.05, 0) is 5.56 Å². The highest BCUT2D eigenvalue weighted by Gasteiger charge is 2.27. The van der Waals surface area contributed by atoms with E-state index >= 15 is 0 Å². The van der Waals surface area contributed by atoms with Crippen LogP contribution in [0.4, 0.5) is 18.3 Å². The van der Waals surface area contributed by atoms with Crippen molar-refractivity contribution in [3.8, 4) is 0 Å². The molecule has 130 valence electrons. The van der Waals surface area contributed by atoms with E-state index in [0.717, 1.165) is 28.7 Å². The maximum atomic E-state index is 12.1. The molecular weight excluding hydrogens is 361 g/mol. The molecule has 5 nitrogen and oxygen atoms in total. The van der Waals surface area contributed by atoms with E-state index in [1.807, 2.05) is 30.3 Å². The Morgan fingerprint density at radius 1 is 1.29 bits per heavy atom. The molecule has 1 amide bonds. The maximum Gasteiger partial charge on any atom is 0.405 e. The Bertz CT molecular complexity index is 664. The summed E-state index contributed by atoms with van der Waals surface area (Å²) in [5.41, 5.74) is 1.02. The predicted molar refractivity (Wildman–Crippen MR) is 88.1 cm³/mol. The lowest BCUT2D eigenvalue weighted by Crippen LogP contribution is -2.27. The summed E-state index contributed by atoms with van der Waals surface area (Å²) in [7, 11) is 1.70. The fraction of sp³-hybridized carbons (Fsp3) is 0.357. The summed E-state index contributed by atoms with van der Waals surface area (Å²) in [4.78, 5) is 13.7. The number of nitrogens with zero attached hydrogens (tertiary/aromatic N) is 3. The van der Waals surface area contributed by atoms with E-state index in [1.165, 1.54) is 0 Å². The van der Waals surface area contributed by atoms with Crippen LogP contribution in [0.25, 0.3) is 0 Å². The lowest BCUT2D eigenvalue weighted by atomic mass is 10.2. The fourth-order valence-electron chi connectivity index (χ4n) is 1.69. The smallest absolute Gasteiger partial charge is 0.351 e. The molecule has 0 saturated heterocycles. The van der Waals surface area contributed by atoms with Crippen LogP contribution in [0.15, 0.2) is 34.7 Å². The van der Waals surface area contributed by atoms with Gasteiger partial charge in [0.05, 0.1) is 5.75 Å². The van der Waals surface area contributed by atoms with Crippen molar-refractivity contribution in [2.24, 2.45) is 0 Å². The van der Waals surface area contributed by atoms with Crippen LogP contribution >= 0.6 is 23.1 Å². The van der Waals surface area contributed by atoms with Gasteiger partial charge in [0, 0.05) is 13.6 Å². The molecule has 2 rings (SSSR count). The molecule has 0 spiro atoms. The Balaban J connectivity index is 1.78. The molecule has 0 aliphatic heterocycles. The highest BCUT2D eigenvalue weighted by atomic mass is 32.2. The van der Waals surface area contributed by atoms with E-state index in [-0.39, 0.29) is 16.8 Å². The number of nitrogens with one attached hydrogen (secondary N) is 1. The molecule has 0 fully saturated rings. The standard InChI is InChI=1S/C14H15F3N4OS2/c1-21(7-10-5-3-2-4-6-10)11(22)8-23-13-20-19-12(24-13)18-9-14(15,16)17/h2-6H,7-9H2,1H3,(H,18,19). The Morgan fingerprint density at radius 2 is 2.00 bits per heavy atom. The van der Waals surface area contributed by atoms with Gasteiger partial charge in [0.1, 0.15) is 6.54 Å². The number of hydrogen-bond acceptors (Lipinski definition) is 6. The van der Waals surface area contributed by atoms with E-state index in [4.69, 9.17) is 0 Å². The quantitative estimate of drug-likeness (QED) is 0.752. The van der Waals surface area contributed by atoms with E-state index in [0.29, 0.717) is 10.9 Å². The molecule has 1 heterocycles. The highest BCUT2D eigenvalue weighted by molar-refractivity contribution is 8.01. The predicted octanol–water partition coefficient (Wildman–Crippen LogP) is 3.26. The number of benzene rings is 1. The zero-order valence-electron chi connectivity index (χ0n) is 12.7. The maximum absolute atomic E-state index is 12.1. The van der Waals surface area contributed by atoms with E-state index < -0.39 is 12.7 Å². The fourth-order valence-corrected chi connectivity index (χ4v) is 3.38. The van der Waals surface area contributed by atoms with Crippen molar-refractivity contribution in [2.75, 3.05) is 24.7 Å². The first-order valence-electron chi connectivity index (χ1n) is 6.88. The van der Waals surface area contributed by atoms with Crippen LogP contribution in [0.2, 0.25) is 0 Å². The Kier molecular flexibility index (Phi) is 6.44. The second-order valence-electron chi connectivity index (χ2n) is 4.87. The first kappa shape index (κ1) is 18.5. The molecular formula is C14H15F3N4OS2. The summed E-state index contributed by atoms with van der Waals surface area (Å²) in [6.07, 6.45) is -4.31. The van der Waals surface area contributed by atoms with Gasteiger partial charge >= 0.3 is 6.18 Å². The van der Waals surface area contributed by atoms with Gasteiger partial charge in [-0.25, -0.2) is 0 Å². The number of hydrogen-bond donors (Lipinski definition) is 1. The molecule has 0 saturated carbocycles. The minimum atomic E-state index is -4.31. The van der Waals surface area contributed by atoms with Crippen molar-refractivity contribution in [1.29, 1.82) is 0 Å². The number of alkyl halides is 3. The van der Waals surface area contributed by atoms with Crippen LogP contribution in [-0.4, -0.2) is 46.5 Å². The molecule has 2 aromatic rings. The largest absolute Gasteiger partial charge is 0.405 e. The van der Waals surface area contributed by atoms with Crippen molar-refractivity contribution >= 4 is 34.1 Å². The third kappa shape index (κ3) is 6.36. The number of rotatable bonds is 7. The highest BCUT2D eigenvalue weighted by Crippen LogP contribution is 2.26. The summed E-state index contributed by atoms with van der Waals surface area (Å²) in [6.45, 7) is -0.667. The van der Waals surface area contributed by atoms with E-state index in [2.05, 4.69) is 15.5 Å². The van der Waals surface area contributed by atoms with Crippen LogP contribution in [0.3, 0.4) is 0 Å². The molecule has 10 heteroatoms. The summed E-state index contributed by atoms with van der Waals surface area (Å²) >= 11 is 2.14. The lowest BCUT2D eigenvalue weighted by molar-refractivity contribution is -0.127. The van der Waals surface area contributed by atoms with Gasteiger partial charge in [0.15, 0.2) is 4.34 Å². The molecule has 0 bridgehead atoms. The van der Waals surface area contributed by atoms with Gasteiger partial charge in [-0.1, -0.05) is 53.4 Å². The first-order chi connectivity index (χ1) is 11.3. The van der Waals surface area contributed by atoms with Crippen LogP contribution in [-0.2, 0) is 11.3 Å². The summed E-state index contributed by atoms with van der Waals surface area (Å²) in [6, 6.07) is 9.57. The average molecular weight is 376 g/mol. The average Bonchev–Trinajstić information content (AvgIpc) is 2.99. The monoisotopic (exact) mass is 376 g/mol. The summed E-state index contributed by atoms with van der Waals surface area (Å²) in [5, 5.41) is 9.63. The van der Waals surface area contributed by atoms with Gasteiger partial charge in [0.25, 0.3) is 0 Å². The number of aromatic nitrogens is 2. The zero-order valence-corrected chi connectivity index (χ0v) is 14.3. The SMILES string of the molecule is CN(Cc1ccccc1)C(=O)CSc1nnc(NCC(F)(F)F)s1. The van der Waals surface area contributed by atoms with Crippen molar-refractivity contribution < 1.29 is 18.0 Å². The number of carbonyl (C=O) groups excluding carboxylic acids is 1. The van der Waals surface area contributed by atoms with Crippen LogP contribution < -0.4 is 5.32 Å². The summed E-state index contributed by atoms with van der Waals surface area (Å²) < 4.78 is 36.8. The molecule has 0 unspecified atom stereocenters. The van der Waals surface area contributed by atoms with Gasteiger partial charge < -0.3 is 10.2 Å². The number of thioether (sulfide) groups is 1. The van der Waals surface area contributed by atoms with Crippen molar-refractivity contribution in [3.05, 3.63) is 35.9 Å². The van der Waals surface area contributed by atoms with Crippen LogP contribution in [0.1, 0.15) is 5.56 Å². The number of anilines is 1.